The number of carbonyl (C=O) groups is 2. The fourth-order valence-electron chi connectivity index (χ4n) is 8.51. The first-order valence-corrected chi connectivity index (χ1v) is 27.6. The zero-order chi connectivity index (χ0) is 45.1. The SMILES string of the molecule is CCCCCCCCCCCCCCCCCCCC(O)C(CO)NC(=O)CC/C=C\C/C=C\CCCCCCCCOC(=O)CCCCCCCCCCCCCCCCC. The van der Waals surface area contributed by atoms with E-state index in [-0.39, 0.29) is 18.5 Å². The predicted octanol–water partition coefficient (Wildman–Crippen LogP) is 16.7. The molecule has 0 aliphatic heterocycles. The molecular weight excluding hydrogens is 767 g/mol. The Morgan fingerprint density at radius 1 is 0.452 bits per heavy atom. The number of hydrogen-bond acceptors (Lipinski definition) is 5. The summed E-state index contributed by atoms with van der Waals surface area (Å²) in [5.41, 5.74) is 0. The molecule has 0 rings (SSSR count). The van der Waals surface area contributed by atoms with Crippen LogP contribution in [0.1, 0.15) is 296 Å². The number of aliphatic hydroxyl groups is 2. The van der Waals surface area contributed by atoms with Gasteiger partial charge in [-0.05, 0) is 44.9 Å². The number of aliphatic hydroxyl groups excluding tert-OH is 2. The summed E-state index contributed by atoms with van der Waals surface area (Å²) in [4.78, 5) is 24.5. The number of unbranched alkanes of at least 4 members (excludes halogenated alkanes) is 36. The quantitative estimate of drug-likeness (QED) is 0.0321. The first-order chi connectivity index (χ1) is 30.5. The number of carbonyl (C=O) groups excluding carboxylic acids is 2. The molecule has 1 amide bonds. The highest BCUT2D eigenvalue weighted by molar-refractivity contribution is 5.76. The number of nitrogens with one attached hydrogen (secondary N) is 1. The second-order valence-corrected chi connectivity index (χ2v) is 18.9. The van der Waals surface area contributed by atoms with Gasteiger partial charge in [-0.1, -0.05) is 263 Å². The lowest BCUT2D eigenvalue weighted by atomic mass is 10.0. The molecule has 0 radical (unpaired) electrons. The fourth-order valence-corrected chi connectivity index (χ4v) is 8.51. The average molecular weight is 874 g/mol. The van der Waals surface area contributed by atoms with E-state index in [1.54, 1.807) is 0 Å². The molecule has 3 N–H and O–H groups in total. The van der Waals surface area contributed by atoms with Gasteiger partial charge in [0.1, 0.15) is 0 Å². The normalized spacial score (nSPS) is 12.8. The van der Waals surface area contributed by atoms with Crippen molar-refractivity contribution in [1.82, 2.24) is 5.32 Å². The minimum Gasteiger partial charge on any atom is -0.466 e. The molecule has 0 aromatic carbocycles. The van der Waals surface area contributed by atoms with Gasteiger partial charge < -0.3 is 20.3 Å². The Balaban J connectivity index is 3.53. The topological polar surface area (TPSA) is 95.9 Å². The van der Waals surface area contributed by atoms with Crippen molar-refractivity contribution in [2.45, 2.75) is 309 Å². The molecule has 6 nitrogen and oxygen atoms in total. The highest BCUT2D eigenvalue weighted by Crippen LogP contribution is 2.17. The molecule has 0 fully saturated rings. The fraction of sp³-hybridized carbons (Fsp3) is 0.893. The van der Waals surface area contributed by atoms with E-state index in [9.17, 15) is 19.8 Å². The van der Waals surface area contributed by atoms with Gasteiger partial charge in [-0.25, -0.2) is 0 Å². The average Bonchev–Trinajstić information content (AvgIpc) is 3.27. The Bertz CT molecular complexity index is 966. The van der Waals surface area contributed by atoms with Crippen LogP contribution in [0.3, 0.4) is 0 Å². The van der Waals surface area contributed by atoms with Crippen LogP contribution < -0.4 is 5.32 Å². The monoisotopic (exact) mass is 874 g/mol. The Morgan fingerprint density at radius 2 is 0.823 bits per heavy atom. The van der Waals surface area contributed by atoms with Crippen LogP contribution >= 0.6 is 0 Å². The zero-order valence-electron chi connectivity index (χ0n) is 41.6. The third-order valence-corrected chi connectivity index (χ3v) is 12.8. The van der Waals surface area contributed by atoms with E-state index in [0.29, 0.717) is 32.3 Å². The van der Waals surface area contributed by atoms with E-state index in [1.807, 2.05) is 6.08 Å². The van der Waals surface area contributed by atoms with Crippen molar-refractivity contribution in [1.29, 1.82) is 0 Å². The molecule has 0 aromatic heterocycles. The number of rotatable bonds is 51. The van der Waals surface area contributed by atoms with Crippen molar-refractivity contribution in [3.8, 4) is 0 Å². The maximum absolute atomic E-state index is 12.4. The van der Waals surface area contributed by atoms with Crippen molar-refractivity contribution in [3.63, 3.8) is 0 Å². The van der Waals surface area contributed by atoms with Gasteiger partial charge >= 0.3 is 5.97 Å². The molecule has 0 spiro atoms. The van der Waals surface area contributed by atoms with Crippen LogP contribution in [-0.2, 0) is 14.3 Å². The molecular formula is C56H107NO5. The van der Waals surface area contributed by atoms with Gasteiger partial charge in [-0.3, -0.25) is 9.59 Å². The molecule has 2 atom stereocenters. The number of allylic oxidation sites excluding steroid dienone is 4. The molecule has 0 aromatic rings. The molecule has 0 saturated carbocycles. The molecule has 6 heteroatoms. The summed E-state index contributed by atoms with van der Waals surface area (Å²) in [5, 5.41) is 23.2. The number of esters is 1. The minimum absolute atomic E-state index is 0.0138. The van der Waals surface area contributed by atoms with Crippen molar-refractivity contribution in [3.05, 3.63) is 24.3 Å². The molecule has 62 heavy (non-hydrogen) atoms. The molecule has 0 aliphatic carbocycles. The first kappa shape index (κ1) is 60.3. The Labute approximate surface area is 386 Å². The second kappa shape index (κ2) is 52.0. The summed E-state index contributed by atoms with van der Waals surface area (Å²) in [5.74, 6) is -0.127. The van der Waals surface area contributed by atoms with Crippen molar-refractivity contribution in [2.24, 2.45) is 0 Å². The van der Waals surface area contributed by atoms with Crippen LogP contribution in [0.25, 0.3) is 0 Å². The summed E-state index contributed by atoms with van der Waals surface area (Å²) in [7, 11) is 0. The summed E-state index contributed by atoms with van der Waals surface area (Å²) in [6, 6.07) is -0.585. The lowest BCUT2D eigenvalue weighted by molar-refractivity contribution is -0.143. The van der Waals surface area contributed by atoms with E-state index in [1.165, 1.54) is 205 Å². The lowest BCUT2D eigenvalue weighted by Crippen LogP contribution is -2.45. The van der Waals surface area contributed by atoms with Crippen LogP contribution in [0.4, 0.5) is 0 Å². The molecule has 0 bridgehead atoms. The summed E-state index contributed by atoms with van der Waals surface area (Å²) >= 11 is 0. The summed E-state index contributed by atoms with van der Waals surface area (Å²) < 4.78 is 5.46. The van der Waals surface area contributed by atoms with E-state index < -0.39 is 12.1 Å². The van der Waals surface area contributed by atoms with E-state index in [2.05, 4.69) is 37.4 Å². The van der Waals surface area contributed by atoms with E-state index in [4.69, 9.17) is 4.74 Å². The Kier molecular flexibility index (Phi) is 50.6. The van der Waals surface area contributed by atoms with Crippen LogP contribution in [0, 0.1) is 0 Å². The smallest absolute Gasteiger partial charge is 0.305 e. The molecule has 0 aliphatic rings. The van der Waals surface area contributed by atoms with Gasteiger partial charge in [0.05, 0.1) is 25.4 Å². The van der Waals surface area contributed by atoms with Crippen molar-refractivity contribution < 1.29 is 24.5 Å². The number of amides is 1. The highest BCUT2D eigenvalue weighted by atomic mass is 16.5. The maximum Gasteiger partial charge on any atom is 0.305 e. The molecule has 0 saturated heterocycles. The zero-order valence-corrected chi connectivity index (χ0v) is 41.6. The summed E-state index contributed by atoms with van der Waals surface area (Å²) in [6.07, 6.45) is 61.7. The van der Waals surface area contributed by atoms with Gasteiger partial charge in [-0.15, -0.1) is 0 Å². The van der Waals surface area contributed by atoms with E-state index >= 15 is 0 Å². The largest absolute Gasteiger partial charge is 0.466 e. The lowest BCUT2D eigenvalue weighted by Gasteiger charge is -2.22. The van der Waals surface area contributed by atoms with Gasteiger partial charge in [0.2, 0.25) is 5.91 Å². The maximum atomic E-state index is 12.4. The predicted molar refractivity (Wildman–Crippen MR) is 269 cm³/mol. The molecule has 0 heterocycles. The molecule has 2 unspecified atom stereocenters. The Morgan fingerprint density at radius 3 is 1.26 bits per heavy atom. The molecule has 366 valence electrons. The standard InChI is InChI=1S/C56H107NO5/c1-3-5-7-9-11-13-15-17-19-20-22-24-28-32-36-40-44-48-54(59)53(52-58)57-55(60)49-45-41-37-33-29-25-23-27-31-35-39-43-47-51-62-56(61)50-46-42-38-34-30-26-21-18-16-14-12-10-8-6-4-2/h25,29,37,41,53-54,58-59H,3-24,26-28,30-36,38-40,42-52H2,1-2H3,(H,57,60)/b29-25-,41-37-. The van der Waals surface area contributed by atoms with Crippen molar-refractivity contribution >= 4 is 11.9 Å². The third kappa shape index (κ3) is 47.8. The van der Waals surface area contributed by atoms with Gasteiger partial charge in [0.15, 0.2) is 0 Å². The number of hydrogen-bond donors (Lipinski definition) is 3. The van der Waals surface area contributed by atoms with Gasteiger partial charge in [0, 0.05) is 12.8 Å². The van der Waals surface area contributed by atoms with Crippen LogP contribution in [-0.4, -0.2) is 47.4 Å². The van der Waals surface area contributed by atoms with Crippen LogP contribution in [0.2, 0.25) is 0 Å². The second-order valence-electron chi connectivity index (χ2n) is 18.9. The third-order valence-electron chi connectivity index (χ3n) is 12.8. The van der Waals surface area contributed by atoms with Crippen LogP contribution in [0.5, 0.6) is 0 Å². The minimum atomic E-state index is -0.698. The Hall–Kier alpha value is -1.66. The highest BCUT2D eigenvalue weighted by Gasteiger charge is 2.19. The van der Waals surface area contributed by atoms with Gasteiger partial charge in [0.25, 0.3) is 0 Å². The van der Waals surface area contributed by atoms with Crippen molar-refractivity contribution in [2.75, 3.05) is 13.2 Å². The number of ether oxygens (including phenoxy) is 1. The van der Waals surface area contributed by atoms with Crippen LogP contribution in [0.15, 0.2) is 24.3 Å². The first-order valence-electron chi connectivity index (χ1n) is 27.6. The van der Waals surface area contributed by atoms with Gasteiger partial charge in [-0.2, -0.15) is 0 Å². The summed E-state index contributed by atoms with van der Waals surface area (Å²) in [6.45, 7) is 4.90. The van der Waals surface area contributed by atoms with E-state index in [0.717, 1.165) is 51.4 Å².